The number of aryl methyl sites for hydroxylation is 1. The van der Waals surface area contributed by atoms with Gasteiger partial charge in [0.25, 0.3) is 5.56 Å². The molecule has 0 spiro atoms. The van der Waals surface area contributed by atoms with Crippen LogP contribution in [0.4, 0.5) is 5.82 Å². The topological polar surface area (TPSA) is 81.8 Å². The summed E-state index contributed by atoms with van der Waals surface area (Å²) >= 11 is 5.32. The van der Waals surface area contributed by atoms with Crippen LogP contribution in [0.25, 0.3) is 10.8 Å². The average molecular weight is 396 g/mol. The Morgan fingerprint density at radius 2 is 1.71 bits per heavy atom. The number of aromatic amines is 1. The van der Waals surface area contributed by atoms with Gasteiger partial charge in [-0.2, -0.15) is 5.10 Å². The summed E-state index contributed by atoms with van der Waals surface area (Å²) in [6.07, 6.45) is 1.81. The number of thiocarbonyl (C=S) groups is 1. The predicted octanol–water partition coefficient (Wildman–Crippen LogP) is 2.74. The number of H-pyrrole nitrogens is 1. The molecule has 0 fully saturated rings. The third-order valence-corrected chi connectivity index (χ3v) is 4.74. The fraction of sp³-hybridized carbons (Fsp3) is 0.286. The molecule has 4 N–H and O–H groups in total. The number of hydrogen-bond acceptors (Lipinski definition) is 4. The fourth-order valence-electron chi connectivity index (χ4n) is 2.88. The van der Waals surface area contributed by atoms with Crippen LogP contribution in [0.2, 0.25) is 0 Å². The molecule has 0 atom stereocenters. The van der Waals surface area contributed by atoms with Gasteiger partial charge in [-0.15, -0.1) is 0 Å². The van der Waals surface area contributed by atoms with E-state index in [4.69, 9.17) is 12.2 Å². The van der Waals surface area contributed by atoms with E-state index in [1.165, 1.54) is 11.1 Å². The fourth-order valence-corrected chi connectivity index (χ4v) is 3.09. The van der Waals surface area contributed by atoms with E-state index in [0.29, 0.717) is 16.3 Å². The Hall–Kier alpha value is -2.93. The number of nitrogens with zero attached hydrogens (tertiary/aromatic N) is 1. The van der Waals surface area contributed by atoms with Crippen molar-refractivity contribution in [3.05, 3.63) is 70.0 Å². The molecule has 0 amide bonds. The number of hydrogen-bond donors (Lipinski definition) is 4. The van der Waals surface area contributed by atoms with Gasteiger partial charge in [0.15, 0.2) is 10.9 Å². The summed E-state index contributed by atoms with van der Waals surface area (Å²) in [4.78, 5) is 11.8. The van der Waals surface area contributed by atoms with Crippen LogP contribution >= 0.6 is 12.2 Å². The third-order valence-electron chi connectivity index (χ3n) is 4.45. The molecule has 0 bridgehead atoms. The molecule has 0 aliphatic rings. The zero-order valence-electron chi connectivity index (χ0n) is 15.9. The summed E-state index contributed by atoms with van der Waals surface area (Å²) in [5.41, 5.74) is 2.39. The van der Waals surface area contributed by atoms with Gasteiger partial charge < -0.3 is 16.0 Å². The van der Waals surface area contributed by atoms with E-state index in [-0.39, 0.29) is 5.56 Å². The summed E-state index contributed by atoms with van der Waals surface area (Å²) < 4.78 is 0. The van der Waals surface area contributed by atoms with Crippen molar-refractivity contribution in [2.75, 3.05) is 25.0 Å². The molecule has 2 aromatic carbocycles. The van der Waals surface area contributed by atoms with Crippen molar-refractivity contribution in [3.8, 4) is 0 Å². The van der Waals surface area contributed by atoms with Gasteiger partial charge in [0.2, 0.25) is 0 Å². The lowest BCUT2D eigenvalue weighted by Crippen LogP contribution is -2.37. The van der Waals surface area contributed by atoms with Gasteiger partial charge in [-0.05, 0) is 43.6 Å². The maximum absolute atomic E-state index is 11.8. The molecule has 0 saturated heterocycles. The smallest absolute Gasteiger partial charge is 0.272 e. The van der Waals surface area contributed by atoms with Crippen molar-refractivity contribution >= 4 is 33.9 Å². The summed E-state index contributed by atoms with van der Waals surface area (Å²) in [5, 5.41) is 18.5. The third kappa shape index (κ3) is 5.53. The van der Waals surface area contributed by atoms with Crippen LogP contribution in [0.3, 0.4) is 0 Å². The molecule has 0 aliphatic heterocycles. The predicted molar refractivity (Wildman–Crippen MR) is 119 cm³/mol. The molecule has 146 valence electrons. The lowest BCUT2D eigenvalue weighted by atomic mass is 10.1. The second-order valence-corrected chi connectivity index (χ2v) is 7.05. The van der Waals surface area contributed by atoms with E-state index in [0.717, 1.165) is 37.9 Å². The van der Waals surface area contributed by atoms with E-state index in [1.54, 1.807) is 6.07 Å². The van der Waals surface area contributed by atoms with Crippen LogP contribution in [-0.2, 0) is 6.42 Å². The van der Waals surface area contributed by atoms with Gasteiger partial charge in [-0.25, -0.2) is 5.10 Å². The quantitative estimate of drug-likeness (QED) is 0.347. The van der Waals surface area contributed by atoms with Gasteiger partial charge in [-0.1, -0.05) is 48.0 Å². The van der Waals surface area contributed by atoms with E-state index in [2.05, 4.69) is 57.3 Å². The standard InChI is InChI=1S/C21H25N5OS/c1-15-7-9-16(10-8-15)11-14-24-21(28)23-13-4-12-22-19-17-5-2-3-6-18(17)20(27)26-25-19/h2-3,5-10H,4,11-14H2,1H3,(H,22,25)(H,26,27)(H2,23,24,28). The van der Waals surface area contributed by atoms with Gasteiger partial charge in [0.05, 0.1) is 5.39 Å². The first-order valence-electron chi connectivity index (χ1n) is 9.42. The summed E-state index contributed by atoms with van der Waals surface area (Å²) in [6, 6.07) is 16.0. The van der Waals surface area contributed by atoms with Crippen molar-refractivity contribution in [2.45, 2.75) is 19.8 Å². The van der Waals surface area contributed by atoms with Gasteiger partial charge in [0.1, 0.15) is 0 Å². The second-order valence-electron chi connectivity index (χ2n) is 6.65. The van der Waals surface area contributed by atoms with E-state index >= 15 is 0 Å². The largest absolute Gasteiger partial charge is 0.368 e. The molecule has 1 heterocycles. The SMILES string of the molecule is Cc1ccc(CCNC(=S)NCCCNc2n[nH]c(=O)c3ccccc23)cc1. The van der Waals surface area contributed by atoms with Crippen LogP contribution in [0.1, 0.15) is 17.5 Å². The molecule has 3 aromatic rings. The van der Waals surface area contributed by atoms with Crippen LogP contribution in [0.5, 0.6) is 0 Å². The highest BCUT2D eigenvalue weighted by molar-refractivity contribution is 7.80. The molecule has 1 aromatic heterocycles. The minimum atomic E-state index is -0.176. The van der Waals surface area contributed by atoms with Crippen LogP contribution in [0.15, 0.2) is 53.3 Å². The molecule has 3 rings (SSSR count). The Morgan fingerprint density at radius 1 is 1.00 bits per heavy atom. The number of aromatic nitrogens is 2. The normalized spacial score (nSPS) is 10.6. The maximum Gasteiger partial charge on any atom is 0.272 e. The van der Waals surface area contributed by atoms with Gasteiger partial charge >= 0.3 is 0 Å². The highest BCUT2D eigenvalue weighted by Gasteiger charge is 2.04. The average Bonchev–Trinajstić information content (AvgIpc) is 2.71. The highest BCUT2D eigenvalue weighted by Crippen LogP contribution is 2.16. The Balaban J connectivity index is 1.35. The van der Waals surface area contributed by atoms with E-state index in [1.807, 2.05) is 18.2 Å². The van der Waals surface area contributed by atoms with E-state index in [9.17, 15) is 4.79 Å². The molecule has 28 heavy (non-hydrogen) atoms. The van der Waals surface area contributed by atoms with Crippen molar-refractivity contribution in [2.24, 2.45) is 0 Å². The van der Waals surface area contributed by atoms with Crippen LogP contribution < -0.4 is 21.5 Å². The summed E-state index contributed by atoms with van der Waals surface area (Å²) in [5.74, 6) is 0.689. The van der Waals surface area contributed by atoms with Gasteiger partial charge in [-0.3, -0.25) is 4.79 Å². The number of nitrogens with one attached hydrogen (secondary N) is 4. The summed E-state index contributed by atoms with van der Waals surface area (Å²) in [7, 11) is 0. The van der Waals surface area contributed by atoms with Crippen molar-refractivity contribution < 1.29 is 0 Å². The molecule has 0 unspecified atom stereocenters. The first-order valence-corrected chi connectivity index (χ1v) is 9.83. The molecular formula is C21H25N5OS. The number of fused-ring (bicyclic) bond motifs is 1. The maximum atomic E-state index is 11.8. The monoisotopic (exact) mass is 395 g/mol. The number of anilines is 1. The highest BCUT2D eigenvalue weighted by atomic mass is 32.1. The molecular weight excluding hydrogens is 370 g/mol. The Labute approximate surface area is 169 Å². The van der Waals surface area contributed by atoms with Crippen molar-refractivity contribution in [1.29, 1.82) is 0 Å². The lowest BCUT2D eigenvalue weighted by molar-refractivity contribution is 0.770. The van der Waals surface area contributed by atoms with E-state index < -0.39 is 0 Å². The Morgan fingerprint density at radius 3 is 2.50 bits per heavy atom. The minimum absolute atomic E-state index is 0.176. The molecule has 7 heteroatoms. The van der Waals surface area contributed by atoms with Crippen molar-refractivity contribution in [1.82, 2.24) is 20.8 Å². The summed E-state index contributed by atoms with van der Waals surface area (Å²) in [6.45, 7) is 4.37. The number of rotatable bonds is 8. The first kappa shape index (κ1) is 19.8. The molecule has 0 aliphatic carbocycles. The lowest BCUT2D eigenvalue weighted by Gasteiger charge is -2.11. The van der Waals surface area contributed by atoms with Crippen LogP contribution in [0, 0.1) is 6.92 Å². The molecule has 0 saturated carbocycles. The molecule has 6 nitrogen and oxygen atoms in total. The van der Waals surface area contributed by atoms with Gasteiger partial charge in [0, 0.05) is 25.0 Å². The zero-order chi connectivity index (χ0) is 19.8. The second kappa shape index (κ2) is 9.85. The first-order chi connectivity index (χ1) is 13.6. The Bertz CT molecular complexity index is 984. The van der Waals surface area contributed by atoms with Crippen LogP contribution in [-0.4, -0.2) is 34.9 Å². The number of benzene rings is 2. The minimum Gasteiger partial charge on any atom is -0.368 e. The zero-order valence-corrected chi connectivity index (χ0v) is 16.7. The Kier molecular flexibility index (Phi) is 6.97. The molecule has 0 radical (unpaired) electrons. The van der Waals surface area contributed by atoms with Crippen molar-refractivity contribution in [3.63, 3.8) is 0 Å².